The fourth-order valence-corrected chi connectivity index (χ4v) is 1.80. The molecule has 1 atom stereocenters. The van der Waals surface area contributed by atoms with Crippen LogP contribution in [0, 0.1) is 5.92 Å². The van der Waals surface area contributed by atoms with Crippen LogP contribution in [0.3, 0.4) is 0 Å². The monoisotopic (exact) mass is 254 g/mol. The summed E-state index contributed by atoms with van der Waals surface area (Å²) in [7, 11) is 0. The lowest BCUT2D eigenvalue weighted by atomic mass is 10.1. The number of carbonyl (C=O) groups is 2. The molecule has 0 aromatic heterocycles. The standard InChI is InChI=1S/C13H22N2O3/c1-10-5-7-15(8-6-10)13(18)14-9-11(2)3-4-12(16)17/h5,11H,3-4,6-9H2,1-2H3,(H,14,18)(H,16,17). The van der Waals surface area contributed by atoms with Crippen molar-refractivity contribution in [2.75, 3.05) is 19.6 Å². The van der Waals surface area contributed by atoms with Gasteiger partial charge in [-0.05, 0) is 25.7 Å². The molecule has 0 aliphatic carbocycles. The molecule has 2 N–H and O–H groups in total. The number of amides is 2. The first-order valence-electron chi connectivity index (χ1n) is 6.39. The van der Waals surface area contributed by atoms with Gasteiger partial charge in [0, 0.05) is 26.1 Å². The maximum atomic E-state index is 11.8. The second-order valence-corrected chi connectivity index (χ2v) is 4.97. The van der Waals surface area contributed by atoms with Gasteiger partial charge in [-0.3, -0.25) is 4.79 Å². The number of rotatable bonds is 5. The van der Waals surface area contributed by atoms with Crippen molar-refractivity contribution in [3.63, 3.8) is 0 Å². The summed E-state index contributed by atoms with van der Waals surface area (Å²) in [6.45, 7) is 5.98. The van der Waals surface area contributed by atoms with Gasteiger partial charge in [0.1, 0.15) is 0 Å². The van der Waals surface area contributed by atoms with Crippen molar-refractivity contribution in [1.82, 2.24) is 10.2 Å². The van der Waals surface area contributed by atoms with Crippen LogP contribution in [0.25, 0.3) is 0 Å². The molecule has 2 amide bonds. The second-order valence-electron chi connectivity index (χ2n) is 4.97. The highest BCUT2D eigenvalue weighted by atomic mass is 16.4. The van der Waals surface area contributed by atoms with Crippen LogP contribution in [0.4, 0.5) is 4.79 Å². The third-order valence-corrected chi connectivity index (χ3v) is 3.18. The van der Waals surface area contributed by atoms with Crippen LogP contribution in [0.5, 0.6) is 0 Å². The van der Waals surface area contributed by atoms with Crippen molar-refractivity contribution in [3.8, 4) is 0 Å². The zero-order valence-electron chi connectivity index (χ0n) is 11.1. The van der Waals surface area contributed by atoms with Gasteiger partial charge in [0.25, 0.3) is 0 Å². The molecule has 0 spiro atoms. The minimum Gasteiger partial charge on any atom is -0.481 e. The van der Waals surface area contributed by atoms with Gasteiger partial charge in [0.05, 0.1) is 0 Å². The average molecular weight is 254 g/mol. The van der Waals surface area contributed by atoms with Crippen molar-refractivity contribution < 1.29 is 14.7 Å². The SMILES string of the molecule is CC1=CCN(C(=O)NCC(C)CCC(=O)O)CC1. The van der Waals surface area contributed by atoms with E-state index in [0.717, 1.165) is 13.0 Å². The molecule has 0 saturated heterocycles. The summed E-state index contributed by atoms with van der Waals surface area (Å²) in [5.41, 5.74) is 1.33. The molecule has 0 saturated carbocycles. The number of carbonyl (C=O) groups excluding carboxylic acids is 1. The lowest BCUT2D eigenvalue weighted by Crippen LogP contribution is -2.43. The first-order valence-corrected chi connectivity index (χ1v) is 6.39. The zero-order chi connectivity index (χ0) is 13.5. The maximum Gasteiger partial charge on any atom is 0.317 e. The van der Waals surface area contributed by atoms with Crippen molar-refractivity contribution in [2.24, 2.45) is 5.92 Å². The fourth-order valence-electron chi connectivity index (χ4n) is 1.80. The molecule has 1 aliphatic rings. The number of hydrogen-bond donors (Lipinski definition) is 2. The second kappa shape index (κ2) is 7.03. The van der Waals surface area contributed by atoms with E-state index < -0.39 is 5.97 Å². The fraction of sp³-hybridized carbons (Fsp3) is 0.692. The zero-order valence-corrected chi connectivity index (χ0v) is 11.1. The van der Waals surface area contributed by atoms with Gasteiger partial charge in [0.2, 0.25) is 0 Å². The summed E-state index contributed by atoms with van der Waals surface area (Å²) >= 11 is 0. The third-order valence-electron chi connectivity index (χ3n) is 3.18. The van der Waals surface area contributed by atoms with Crippen LogP contribution in [0.2, 0.25) is 0 Å². The predicted molar refractivity (Wildman–Crippen MR) is 69.4 cm³/mol. The van der Waals surface area contributed by atoms with E-state index in [4.69, 9.17) is 5.11 Å². The summed E-state index contributed by atoms with van der Waals surface area (Å²) in [4.78, 5) is 24.0. The third kappa shape index (κ3) is 5.21. The molecule has 1 aliphatic heterocycles. The topological polar surface area (TPSA) is 69.6 Å². The van der Waals surface area contributed by atoms with Gasteiger partial charge in [0.15, 0.2) is 0 Å². The Morgan fingerprint density at radius 3 is 2.83 bits per heavy atom. The van der Waals surface area contributed by atoms with Gasteiger partial charge in [-0.1, -0.05) is 18.6 Å². The minimum atomic E-state index is -0.787. The molecular weight excluding hydrogens is 232 g/mol. The van der Waals surface area contributed by atoms with Gasteiger partial charge in [-0.2, -0.15) is 0 Å². The van der Waals surface area contributed by atoms with Crippen LogP contribution < -0.4 is 5.32 Å². The Hall–Kier alpha value is -1.52. The lowest BCUT2D eigenvalue weighted by molar-refractivity contribution is -0.137. The summed E-state index contributed by atoms with van der Waals surface area (Å²) < 4.78 is 0. The number of nitrogens with one attached hydrogen (secondary N) is 1. The van der Waals surface area contributed by atoms with Crippen LogP contribution >= 0.6 is 0 Å². The van der Waals surface area contributed by atoms with Crippen molar-refractivity contribution in [3.05, 3.63) is 11.6 Å². The van der Waals surface area contributed by atoms with E-state index in [2.05, 4.69) is 18.3 Å². The quantitative estimate of drug-likeness (QED) is 0.736. The maximum absolute atomic E-state index is 11.8. The molecule has 0 aromatic rings. The molecule has 1 rings (SSSR count). The molecule has 0 fully saturated rings. The Kier molecular flexibility index (Phi) is 5.68. The largest absolute Gasteiger partial charge is 0.481 e. The number of urea groups is 1. The highest BCUT2D eigenvalue weighted by Gasteiger charge is 2.16. The van der Waals surface area contributed by atoms with E-state index in [1.54, 1.807) is 4.90 Å². The Morgan fingerprint density at radius 1 is 1.56 bits per heavy atom. The van der Waals surface area contributed by atoms with E-state index in [9.17, 15) is 9.59 Å². The van der Waals surface area contributed by atoms with Gasteiger partial charge < -0.3 is 15.3 Å². The molecule has 102 valence electrons. The first kappa shape index (κ1) is 14.5. The summed E-state index contributed by atoms with van der Waals surface area (Å²) in [6, 6.07) is -0.0547. The highest BCUT2D eigenvalue weighted by Crippen LogP contribution is 2.10. The number of carboxylic acids is 1. The van der Waals surface area contributed by atoms with Gasteiger partial charge >= 0.3 is 12.0 Å². The van der Waals surface area contributed by atoms with E-state index in [1.807, 2.05) is 6.92 Å². The van der Waals surface area contributed by atoms with Gasteiger partial charge in [-0.15, -0.1) is 0 Å². The number of carboxylic acid groups (broad SMARTS) is 1. The number of hydrogen-bond acceptors (Lipinski definition) is 2. The molecule has 5 nitrogen and oxygen atoms in total. The van der Waals surface area contributed by atoms with E-state index in [0.29, 0.717) is 19.5 Å². The summed E-state index contributed by atoms with van der Waals surface area (Å²) in [5, 5.41) is 11.4. The molecule has 5 heteroatoms. The van der Waals surface area contributed by atoms with Crippen LogP contribution in [-0.2, 0) is 4.79 Å². The minimum absolute atomic E-state index is 0.0547. The smallest absolute Gasteiger partial charge is 0.317 e. The lowest BCUT2D eigenvalue weighted by Gasteiger charge is -2.26. The predicted octanol–water partition coefficient (Wildman–Crippen LogP) is 1.85. The average Bonchev–Trinajstić information content (AvgIpc) is 2.34. The van der Waals surface area contributed by atoms with Crippen LogP contribution in [0.15, 0.2) is 11.6 Å². The number of aliphatic carboxylic acids is 1. The van der Waals surface area contributed by atoms with Crippen molar-refractivity contribution in [2.45, 2.75) is 33.1 Å². The molecule has 18 heavy (non-hydrogen) atoms. The molecule has 1 heterocycles. The Labute approximate surface area is 108 Å². The Balaban J connectivity index is 2.22. The molecule has 0 aromatic carbocycles. The highest BCUT2D eigenvalue weighted by molar-refractivity contribution is 5.74. The summed E-state index contributed by atoms with van der Waals surface area (Å²) in [5.74, 6) is -0.600. The first-order chi connectivity index (χ1) is 8.49. The number of nitrogens with zero attached hydrogens (tertiary/aromatic N) is 1. The molecular formula is C13H22N2O3. The van der Waals surface area contributed by atoms with Crippen LogP contribution in [-0.4, -0.2) is 41.6 Å². The summed E-state index contributed by atoms with van der Waals surface area (Å²) in [6.07, 6.45) is 3.75. The van der Waals surface area contributed by atoms with Crippen molar-refractivity contribution >= 4 is 12.0 Å². The molecule has 0 bridgehead atoms. The van der Waals surface area contributed by atoms with E-state index in [1.165, 1.54) is 5.57 Å². The molecule has 1 unspecified atom stereocenters. The van der Waals surface area contributed by atoms with E-state index in [-0.39, 0.29) is 18.4 Å². The molecule has 0 radical (unpaired) electrons. The Morgan fingerprint density at radius 2 is 2.28 bits per heavy atom. The van der Waals surface area contributed by atoms with Crippen LogP contribution in [0.1, 0.15) is 33.1 Å². The normalized spacial score (nSPS) is 17.0. The van der Waals surface area contributed by atoms with Gasteiger partial charge in [-0.25, -0.2) is 4.79 Å². The van der Waals surface area contributed by atoms with E-state index >= 15 is 0 Å². The van der Waals surface area contributed by atoms with Crippen molar-refractivity contribution in [1.29, 1.82) is 0 Å². The Bertz CT molecular complexity index is 339.